The zero-order valence-electron chi connectivity index (χ0n) is 14.6. The highest BCUT2D eigenvalue weighted by Crippen LogP contribution is 2.14. The Morgan fingerprint density at radius 3 is 2.70 bits per heavy atom. The fourth-order valence-corrected chi connectivity index (χ4v) is 2.49. The van der Waals surface area contributed by atoms with Gasteiger partial charge in [0.1, 0.15) is 13.2 Å². The Bertz CT molecular complexity index is 839. The van der Waals surface area contributed by atoms with Crippen LogP contribution in [0, 0.1) is 0 Å². The molecule has 0 aliphatic carbocycles. The normalized spacial score (nSPS) is 11.9. The first-order chi connectivity index (χ1) is 13.2. The molecule has 0 saturated carbocycles. The molecule has 1 amide bonds. The van der Waals surface area contributed by atoms with Crippen LogP contribution in [0.4, 0.5) is 0 Å². The molecule has 0 unspecified atom stereocenters. The van der Waals surface area contributed by atoms with Crippen molar-refractivity contribution in [3.63, 3.8) is 0 Å². The van der Waals surface area contributed by atoms with E-state index in [1.54, 1.807) is 24.5 Å². The molecule has 8 heteroatoms. The first-order valence-corrected chi connectivity index (χ1v) is 8.49. The van der Waals surface area contributed by atoms with Crippen LogP contribution < -0.4 is 5.32 Å². The quantitative estimate of drug-likeness (QED) is 0.587. The Kier molecular flexibility index (Phi) is 6.61. The summed E-state index contributed by atoms with van der Waals surface area (Å²) in [6.45, 7) is -0.300. The van der Waals surface area contributed by atoms with Gasteiger partial charge in [-0.3, -0.25) is 9.78 Å². The van der Waals surface area contributed by atoms with E-state index in [0.717, 1.165) is 11.1 Å². The molecule has 2 heterocycles. The van der Waals surface area contributed by atoms with Crippen LogP contribution >= 0.6 is 0 Å². The highest BCUT2D eigenvalue weighted by Gasteiger charge is 2.13. The fourth-order valence-electron chi connectivity index (χ4n) is 2.49. The van der Waals surface area contributed by atoms with Crippen LogP contribution in [0.2, 0.25) is 0 Å². The lowest BCUT2D eigenvalue weighted by atomic mass is 10.1. The third-order valence-electron chi connectivity index (χ3n) is 3.78. The number of carbonyl (C=O) groups excluding carboxylic acids is 1. The summed E-state index contributed by atoms with van der Waals surface area (Å²) in [6.07, 6.45) is 3.82. The summed E-state index contributed by atoms with van der Waals surface area (Å²) in [5.74, 6) is 0.389. The van der Waals surface area contributed by atoms with Crippen LogP contribution in [0.3, 0.4) is 0 Å². The number of nitrogens with one attached hydrogen (secondary N) is 1. The average molecular weight is 368 g/mol. The Morgan fingerprint density at radius 2 is 1.96 bits per heavy atom. The molecule has 0 aliphatic heterocycles. The number of pyridine rings is 1. The van der Waals surface area contributed by atoms with E-state index in [-0.39, 0.29) is 37.7 Å². The van der Waals surface area contributed by atoms with E-state index in [4.69, 9.17) is 9.26 Å². The monoisotopic (exact) mass is 368 g/mol. The fraction of sp³-hybridized carbons (Fsp3) is 0.263. The number of amides is 1. The highest BCUT2D eigenvalue weighted by atomic mass is 16.5. The number of carbonyl (C=O) groups is 1. The number of aliphatic hydroxyl groups is 1. The van der Waals surface area contributed by atoms with E-state index in [0.29, 0.717) is 12.2 Å². The number of aliphatic hydroxyl groups excluding tert-OH is 1. The number of rotatable bonds is 9. The number of aromatic nitrogens is 3. The van der Waals surface area contributed by atoms with Gasteiger partial charge in [-0.2, -0.15) is 4.98 Å². The Morgan fingerprint density at radius 1 is 1.19 bits per heavy atom. The highest BCUT2D eigenvalue weighted by molar-refractivity contribution is 5.77. The second-order valence-electron chi connectivity index (χ2n) is 5.88. The summed E-state index contributed by atoms with van der Waals surface area (Å²) >= 11 is 0. The SMILES string of the molecule is O=C(COCc1nc(-c2ccncc2)no1)N[C@H](CO)Cc1ccccc1. The molecule has 140 valence electrons. The molecular weight excluding hydrogens is 348 g/mol. The number of hydrogen-bond acceptors (Lipinski definition) is 7. The molecule has 2 N–H and O–H groups in total. The summed E-state index contributed by atoms with van der Waals surface area (Å²) < 4.78 is 10.4. The minimum absolute atomic E-state index is 0.0218. The molecule has 0 saturated heterocycles. The molecule has 1 aromatic carbocycles. The van der Waals surface area contributed by atoms with Gasteiger partial charge < -0.3 is 19.7 Å². The summed E-state index contributed by atoms with van der Waals surface area (Å²) in [4.78, 5) is 20.1. The molecule has 0 bridgehead atoms. The predicted octanol–water partition coefficient (Wildman–Crippen LogP) is 1.37. The van der Waals surface area contributed by atoms with Gasteiger partial charge in [-0.25, -0.2) is 0 Å². The van der Waals surface area contributed by atoms with Crippen LogP contribution in [0.1, 0.15) is 11.5 Å². The van der Waals surface area contributed by atoms with Gasteiger partial charge in [0.25, 0.3) is 5.89 Å². The largest absolute Gasteiger partial charge is 0.394 e. The molecule has 3 aromatic rings. The van der Waals surface area contributed by atoms with Crippen molar-refractivity contribution in [3.8, 4) is 11.4 Å². The summed E-state index contributed by atoms with van der Waals surface area (Å²) in [5.41, 5.74) is 1.82. The van der Waals surface area contributed by atoms with Crippen LogP contribution in [0.5, 0.6) is 0 Å². The van der Waals surface area contributed by atoms with Crippen molar-refractivity contribution >= 4 is 5.91 Å². The molecule has 8 nitrogen and oxygen atoms in total. The second kappa shape index (κ2) is 9.56. The van der Waals surface area contributed by atoms with E-state index in [1.807, 2.05) is 30.3 Å². The van der Waals surface area contributed by atoms with Gasteiger partial charge in [0.15, 0.2) is 0 Å². The number of ether oxygens (including phenoxy) is 1. The molecule has 0 aliphatic rings. The van der Waals surface area contributed by atoms with Crippen molar-refractivity contribution in [2.75, 3.05) is 13.2 Å². The lowest BCUT2D eigenvalue weighted by Gasteiger charge is -2.16. The maximum Gasteiger partial charge on any atom is 0.252 e. The standard InChI is InChI=1S/C19H20N4O4/c24-11-16(10-14-4-2-1-3-5-14)21-17(25)12-26-13-18-22-19(23-27-18)15-6-8-20-9-7-15/h1-9,16,24H,10-13H2,(H,21,25)/t16-/m0/s1. The summed E-state index contributed by atoms with van der Waals surface area (Å²) in [7, 11) is 0. The Hall–Kier alpha value is -3.10. The maximum absolute atomic E-state index is 12.0. The van der Waals surface area contributed by atoms with E-state index in [1.165, 1.54) is 0 Å². The molecule has 1 atom stereocenters. The van der Waals surface area contributed by atoms with Crippen LogP contribution in [0.15, 0.2) is 59.4 Å². The molecule has 27 heavy (non-hydrogen) atoms. The van der Waals surface area contributed by atoms with Gasteiger partial charge in [0.05, 0.1) is 12.6 Å². The van der Waals surface area contributed by atoms with Gasteiger partial charge in [-0.1, -0.05) is 35.5 Å². The topological polar surface area (TPSA) is 110 Å². The van der Waals surface area contributed by atoms with Crippen molar-refractivity contribution in [2.45, 2.75) is 19.1 Å². The molecular formula is C19H20N4O4. The number of nitrogens with zero attached hydrogens (tertiary/aromatic N) is 3. The van der Waals surface area contributed by atoms with Crippen molar-refractivity contribution < 1.29 is 19.2 Å². The van der Waals surface area contributed by atoms with E-state index in [9.17, 15) is 9.90 Å². The smallest absolute Gasteiger partial charge is 0.252 e. The predicted molar refractivity (Wildman–Crippen MR) is 96.3 cm³/mol. The molecule has 0 spiro atoms. The van der Waals surface area contributed by atoms with Gasteiger partial charge in [-0.05, 0) is 24.1 Å². The second-order valence-corrected chi connectivity index (χ2v) is 5.88. The molecule has 2 aromatic heterocycles. The zero-order valence-corrected chi connectivity index (χ0v) is 14.6. The lowest BCUT2D eigenvalue weighted by molar-refractivity contribution is -0.127. The summed E-state index contributed by atoms with van der Waals surface area (Å²) in [5, 5.41) is 16.1. The first kappa shape index (κ1) is 18.7. The Labute approximate surface area is 156 Å². The van der Waals surface area contributed by atoms with Crippen molar-refractivity contribution in [3.05, 3.63) is 66.3 Å². The molecule has 0 radical (unpaired) electrons. The van der Waals surface area contributed by atoms with Crippen LogP contribution in [-0.4, -0.2) is 45.4 Å². The minimum Gasteiger partial charge on any atom is -0.394 e. The maximum atomic E-state index is 12.0. The van der Waals surface area contributed by atoms with Crippen molar-refractivity contribution in [1.82, 2.24) is 20.4 Å². The van der Waals surface area contributed by atoms with Gasteiger partial charge >= 0.3 is 0 Å². The number of benzene rings is 1. The van der Waals surface area contributed by atoms with Crippen LogP contribution in [-0.2, 0) is 22.6 Å². The van der Waals surface area contributed by atoms with Crippen molar-refractivity contribution in [1.29, 1.82) is 0 Å². The number of hydrogen-bond donors (Lipinski definition) is 2. The van der Waals surface area contributed by atoms with Gasteiger partial charge in [-0.15, -0.1) is 0 Å². The lowest BCUT2D eigenvalue weighted by Crippen LogP contribution is -2.40. The van der Waals surface area contributed by atoms with E-state index < -0.39 is 0 Å². The third kappa shape index (κ3) is 5.70. The first-order valence-electron chi connectivity index (χ1n) is 8.49. The summed E-state index contributed by atoms with van der Waals surface area (Å²) in [6, 6.07) is 12.8. The minimum atomic E-state index is -0.370. The van der Waals surface area contributed by atoms with Crippen molar-refractivity contribution in [2.24, 2.45) is 0 Å². The van der Waals surface area contributed by atoms with Gasteiger partial charge in [0, 0.05) is 18.0 Å². The average Bonchev–Trinajstić information content (AvgIpc) is 3.18. The van der Waals surface area contributed by atoms with Gasteiger partial charge in [0.2, 0.25) is 11.7 Å². The molecule has 3 rings (SSSR count). The molecule has 0 fully saturated rings. The zero-order chi connectivity index (χ0) is 18.9. The van der Waals surface area contributed by atoms with Crippen LogP contribution in [0.25, 0.3) is 11.4 Å². The Balaban J connectivity index is 1.43. The van der Waals surface area contributed by atoms with E-state index >= 15 is 0 Å². The third-order valence-corrected chi connectivity index (χ3v) is 3.78. The van der Waals surface area contributed by atoms with E-state index in [2.05, 4.69) is 20.4 Å².